The van der Waals surface area contributed by atoms with Gasteiger partial charge in [0.15, 0.2) is 0 Å². The third-order valence-electron chi connectivity index (χ3n) is 3.68. The Morgan fingerprint density at radius 1 is 1.04 bits per heavy atom. The third kappa shape index (κ3) is 11.6. The first-order valence-electron chi connectivity index (χ1n) is 8.76. The molecule has 1 saturated heterocycles. The quantitative estimate of drug-likeness (QED) is 0.220. The van der Waals surface area contributed by atoms with Crippen LogP contribution in [0.1, 0.15) is 58.3 Å². The molecule has 0 radical (unpaired) electrons. The van der Waals surface area contributed by atoms with E-state index < -0.39 is 5.97 Å². The number of carboxylic acids is 1. The molecule has 0 amide bonds. The predicted molar refractivity (Wildman–Crippen MR) is 95.5 cm³/mol. The second-order valence-corrected chi connectivity index (χ2v) is 5.83. The molecule has 0 bridgehead atoms. The van der Waals surface area contributed by atoms with Crippen LogP contribution in [0.25, 0.3) is 0 Å². The van der Waals surface area contributed by atoms with Crippen molar-refractivity contribution in [3.8, 4) is 0 Å². The maximum absolute atomic E-state index is 10.3. The second kappa shape index (κ2) is 12.9. The van der Waals surface area contributed by atoms with Gasteiger partial charge in [-0.1, -0.05) is 74.8 Å². The number of carbonyl (C=O) groups is 1. The minimum Gasteiger partial charge on any atom is -0.481 e. The van der Waals surface area contributed by atoms with Gasteiger partial charge in [-0.2, -0.15) is 0 Å². The van der Waals surface area contributed by atoms with Gasteiger partial charge < -0.3 is 9.84 Å². The topological polar surface area (TPSA) is 49.8 Å². The number of ether oxygens (including phenoxy) is 1. The smallest absolute Gasteiger partial charge is 0.303 e. The van der Waals surface area contributed by atoms with Gasteiger partial charge in [-0.25, -0.2) is 0 Å². The van der Waals surface area contributed by atoms with Crippen molar-refractivity contribution in [1.29, 1.82) is 0 Å². The minimum atomic E-state index is -0.722. The van der Waals surface area contributed by atoms with Crippen LogP contribution in [0.5, 0.6) is 0 Å². The molecule has 0 saturated carbocycles. The van der Waals surface area contributed by atoms with Gasteiger partial charge in [0.1, 0.15) is 6.10 Å². The van der Waals surface area contributed by atoms with Crippen molar-refractivity contribution in [2.75, 3.05) is 0 Å². The van der Waals surface area contributed by atoms with Crippen molar-refractivity contribution in [1.82, 2.24) is 0 Å². The van der Waals surface area contributed by atoms with Crippen molar-refractivity contribution in [2.45, 2.75) is 70.5 Å². The largest absolute Gasteiger partial charge is 0.481 e. The first kappa shape index (κ1) is 19.4. The fourth-order valence-electron chi connectivity index (χ4n) is 2.28. The predicted octanol–water partition coefficient (Wildman–Crippen LogP) is 5.20. The molecule has 1 fully saturated rings. The Kier molecular flexibility index (Phi) is 10.9. The summed E-state index contributed by atoms with van der Waals surface area (Å²) in [7, 11) is 0. The molecule has 3 heteroatoms. The molecule has 1 N–H and O–H groups in total. The van der Waals surface area contributed by atoms with Gasteiger partial charge in [-0.05, 0) is 25.7 Å². The molecule has 0 aromatic rings. The van der Waals surface area contributed by atoms with Crippen LogP contribution >= 0.6 is 0 Å². The van der Waals surface area contributed by atoms with Crippen LogP contribution < -0.4 is 0 Å². The van der Waals surface area contributed by atoms with E-state index >= 15 is 0 Å². The number of carboxylic acid groups (broad SMARTS) is 1. The molecule has 1 rings (SSSR count). The number of allylic oxidation sites excluding steroid dienone is 7. The number of aliphatic carboxylic acids is 1. The summed E-state index contributed by atoms with van der Waals surface area (Å²) in [5, 5.41) is 8.50. The number of hydrogen-bond acceptors (Lipinski definition) is 2. The summed E-state index contributed by atoms with van der Waals surface area (Å²) >= 11 is 0. The van der Waals surface area contributed by atoms with Crippen molar-refractivity contribution >= 4 is 5.97 Å². The molecular weight excluding hydrogens is 288 g/mol. The number of hydrogen-bond donors (Lipinski definition) is 1. The van der Waals surface area contributed by atoms with Crippen LogP contribution in [0, 0.1) is 0 Å². The van der Waals surface area contributed by atoms with Crippen LogP contribution in [0.15, 0.2) is 48.6 Å². The fourth-order valence-corrected chi connectivity index (χ4v) is 2.28. The van der Waals surface area contributed by atoms with Crippen LogP contribution in [-0.2, 0) is 9.53 Å². The maximum Gasteiger partial charge on any atom is 0.303 e. The van der Waals surface area contributed by atoms with E-state index in [1.807, 2.05) is 24.3 Å². The number of unbranched alkanes of at least 4 members (excludes halogenated alkanes) is 3. The molecule has 0 aromatic carbocycles. The molecule has 2 atom stereocenters. The van der Waals surface area contributed by atoms with E-state index in [1.165, 1.54) is 25.7 Å². The van der Waals surface area contributed by atoms with Gasteiger partial charge in [-0.15, -0.1) is 0 Å². The standard InChI is InChI=1S/C20H30O3/c1-2-3-12-15-18-19(23-18)16-13-10-8-6-4-5-7-9-11-14-17-20(21)22/h4,6-10,13,16,18-19H,2-3,5,11-12,14-15,17H2,1H3,(H,21,22)/b6-4-,9-7-,10-8+,16-13+/t18-,19-/m0/s1. The average Bonchev–Trinajstić information content (AvgIpc) is 3.27. The highest BCUT2D eigenvalue weighted by atomic mass is 16.6. The highest BCUT2D eigenvalue weighted by Gasteiger charge is 2.35. The van der Waals surface area contributed by atoms with E-state index in [0.717, 1.165) is 12.8 Å². The van der Waals surface area contributed by atoms with Gasteiger partial charge in [0.25, 0.3) is 0 Å². The molecule has 23 heavy (non-hydrogen) atoms. The van der Waals surface area contributed by atoms with E-state index in [2.05, 4.69) is 31.2 Å². The van der Waals surface area contributed by atoms with Crippen molar-refractivity contribution < 1.29 is 14.6 Å². The lowest BCUT2D eigenvalue weighted by Gasteiger charge is -1.92. The van der Waals surface area contributed by atoms with E-state index in [-0.39, 0.29) is 6.42 Å². The normalized spacial score (nSPS) is 21.3. The van der Waals surface area contributed by atoms with Gasteiger partial charge in [0, 0.05) is 6.42 Å². The molecule has 1 aliphatic heterocycles. The summed E-state index contributed by atoms with van der Waals surface area (Å²) in [5.41, 5.74) is 0. The zero-order valence-electron chi connectivity index (χ0n) is 14.2. The molecule has 3 nitrogen and oxygen atoms in total. The lowest BCUT2D eigenvalue weighted by atomic mass is 10.1. The molecule has 1 heterocycles. The second-order valence-electron chi connectivity index (χ2n) is 5.83. The Bertz CT molecular complexity index is 432. The highest BCUT2D eigenvalue weighted by Crippen LogP contribution is 2.28. The first-order valence-corrected chi connectivity index (χ1v) is 8.76. The lowest BCUT2D eigenvalue weighted by Crippen LogP contribution is -1.92. The van der Waals surface area contributed by atoms with Gasteiger partial charge >= 0.3 is 5.97 Å². The Labute approximate surface area is 140 Å². The monoisotopic (exact) mass is 318 g/mol. The summed E-state index contributed by atoms with van der Waals surface area (Å²) in [6, 6.07) is 0. The van der Waals surface area contributed by atoms with Gasteiger partial charge in [-0.3, -0.25) is 4.79 Å². The number of rotatable bonds is 13. The van der Waals surface area contributed by atoms with Crippen LogP contribution in [0.4, 0.5) is 0 Å². The maximum atomic E-state index is 10.3. The Balaban J connectivity index is 1.98. The van der Waals surface area contributed by atoms with Crippen LogP contribution in [-0.4, -0.2) is 23.3 Å². The zero-order valence-corrected chi connectivity index (χ0v) is 14.2. The van der Waals surface area contributed by atoms with E-state index in [4.69, 9.17) is 9.84 Å². The molecule has 0 unspecified atom stereocenters. The Hall–Kier alpha value is -1.61. The summed E-state index contributed by atoms with van der Waals surface area (Å²) in [4.78, 5) is 10.3. The highest BCUT2D eigenvalue weighted by molar-refractivity contribution is 5.66. The molecule has 0 aromatic heterocycles. The van der Waals surface area contributed by atoms with Crippen molar-refractivity contribution in [2.24, 2.45) is 0 Å². The lowest BCUT2D eigenvalue weighted by molar-refractivity contribution is -0.137. The van der Waals surface area contributed by atoms with Crippen molar-refractivity contribution in [3.63, 3.8) is 0 Å². The summed E-state index contributed by atoms with van der Waals surface area (Å²) < 4.78 is 5.59. The van der Waals surface area contributed by atoms with Gasteiger partial charge in [0.2, 0.25) is 0 Å². The van der Waals surface area contributed by atoms with Crippen LogP contribution in [0.2, 0.25) is 0 Å². The summed E-state index contributed by atoms with van der Waals surface area (Å²) in [6.07, 6.45) is 24.9. The van der Waals surface area contributed by atoms with E-state index in [1.54, 1.807) is 0 Å². The third-order valence-corrected chi connectivity index (χ3v) is 3.68. The minimum absolute atomic E-state index is 0.249. The van der Waals surface area contributed by atoms with Crippen molar-refractivity contribution in [3.05, 3.63) is 48.6 Å². The summed E-state index contributed by atoms with van der Waals surface area (Å²) in [5.74, 6) is -0.722. The molecular formula is C20H30O3. The molecule has 0 spiro atoms. The molecule has 0 aliphatic carbocycles. The Morgan fingerprint density at radius 2 is 1.87 bits per heavy atom. The summed E-state index contributed by atoms with van der Waals surface area (Å²) in [6.45, 7) is 2.22. The van der Waals surface area contributed by atoms with Gasteiger partial charge in [0.05, 0.1) is 6.10 Å². The number of epoxide rings is 1. The Morgan fingerprint density at radius 3 is 2.65 bits per heavy atom. The fraction of sp³-hybridized carbons (Fsp3) is 0.550. The zero-order chi connectivity index (χ0) is 16.8. The first-order chi connectivity index (χ1) is 11.2. The molecule has 128 valence electrons. The molecule has 1 aliphatic rings. The SMILES string of the molecule is CCCCC[C@@H]1O[C@H]1/C=C/C=C/C=C\C/C=C\CCCC(=O)O. The van der Waals surface area contributed by atoms with E-state index in [9.17, 15) is 4.79 Å². The van der Waals surface area contributed by atoms with E-state index in [0.29, 0.717) is 18.6 Å². The average molecular weight is 318 g/mol. The van der Waals surface area contributed by atoms with Crippen LogP contribution in [0.3, 0.4) is 0 Å².